The molecule has 0 radical (unpaired) electrons. The second kappa shape index (κ2) is 9.72. The highest BCUT2D eigenvalue weighted by Crippen LogP contribution is 2.58. The predicted molar refractivity (Wildman–Crippen MR) is 140 cm³/mol. The van der Waals surface area contributed by atoms with Gasteiger partial charge < -0.3 is 24.5 Å². The van der Waals surface area contributed by atoms with Crippen LogP contribution in [0.2, 0.25) is 0 Å². The molecule has 8 nitrogen and oxygen atoms in total. The zero-order valence-corrected chi connectivity index (χ0v) is 21.9. The Kier molecular flexibility index (Phi) is 6.75. The zero-order valence-electron chi connectivity index (χ0n) is 21.9. The number of para-hydroxylation sites is 1. The smallest absolute Gasteiger partial charge is 0.249 e. The van der Waals surface area contributed by atoms with Crippen LogP contribution in [0.5, 0.6) is 0 Å². The van der Waals surface area contributed by atoms with Gasteiger partial charge in [-0.2, -0.15) is 0 Å². The van der Waals surface area contributed by atoms with Crippen LogP contribution in [0.4, 0.5) is 5.69 Å². The number of aliphatic hydroxyl groups is 1. The monoisotopic (exact) mass is 507 g/mol. The first-order valence-electron chi connectivity index (χ1n) is 13.5. The van der Waals surface area contributed by atoms with Gasteiger partial charge in [-0.05, 0) is 31.9 Å². The van der Waals surface area contributed by atoms with Gasteiger partial charge in [0.15, 0.2) is 0 Å². The molecule has 0 aromatic heterocycles. The molecule has 0 bridgehead atoms. The lowest BCUT2D eigenvalue weighted by molar-refractivity contribution is -0.153. The van der Waals surface area contributed by atoms with Crippen molar-refractivity contribution < 1.29 is 24.2 Å². The van der Waals surface area contributed by atoms with Gasteiger partial charge in [-0.25, -0.2) is 0 Å². The number of carbonyl (C=O) groups excluding carboxylic acids is 3. The van der Waals surface area contributed by atoms with Crippen molar-refractivity contribution >= 4 is 23.4 Å². The van der Waals surface area contributed by atoms with Crippen LogP contribution in [0, 0.1) is 11.8 Å². The minimum absolute atomic E-state index is 0.00968. The molecule has 1 aromatic rings. The summed E-state index contributed by atoms with van der Waals surface area (Å²) in [6, 6.07) is 8.49. The molecular formula is C29H37N3O5. The molecule has 5 rings (SSSR count). The van der Waals surface area contributed by atoms with Crippen LogP contribution in [0.1, 0.15) is 40.0 Å². The number of rotatable bonds is 7. The Hall–Kier alpha value is -2.97. The second-order valence-electron chi connectivity index (χ2n) is 10.6. The fraction of sp³-hybridized carbons (Fsp3) is 0.552. The van der Waals surface area contributed by atoms with Crippen molar-refractivity contribution in [2.24, 2.45) is 11.8 Å². The van der Waals surface area contributed by atoms with Gasteiger partial charge in [0.25, 0.3) is 0 Å². The molecule has 1 aromatic carbocycles. The topological polar surface area (TPSA) is 90.4 Å². The van der Waals surface area contributed by atoms with Gasteiger partial charge in [0.05, 0.1) is 24.0 Å². The minimum atomic E-state index is -1.29. The van der Waals surface area contributed by atoms with Gasteiger partial charge in [-0.3, -0.25) is 14.4 Å². The standard InChI is InChI=1S/C29H37N3O5/c1-4-11-20(3)30-16-10-15-29-23(26(35)32(18-19-33)24(29)27(30)36)22-25(34)31(21-12-7-6-8-13-21)17-9-14-28(22,5-2)37-29/h6-10,12-15,20,22-24,33H,4-5,11,16-19H2,1-3H3/t20?,22-,23-,24?,28+,29-/m0/s1. The average molecular weight is 508 g/mol. The third-order valence-electron chi connectivity index (χ3n) is 8.62. The first-order valence-corrected chi connectivity index (χ1v) is 13.5. The van der Waals surface area contributed by atoms with Crippen LogP contribution in [-0.2, 0) is 19.1 Å². The lowest BCUT2D eigenvalue weighted by atomic mass is 9.73. The Bertz CT molecular complexity index is 1120. The van der Waals surface area contributed by atoms with E-state index in [-0.39, 0.29) is 36.9 Å². The molecule has 4 aliphatic heterocycles. The number of likely N-dealkylation sites (tertiary alicyclic amines) is 1. The molecule has 0 aliphatic carbocycles. The summed E-state index contributed by atoms with van der Waals surface area (Å²) in [5.74, 6) is -2.34. The van der Waals surface area contributed by atoms with Gasteiger partial charge >= 0.3 is 0 Å². The fourth-order valence-corrected chi connectivity index (χ4v) is 6.94. The Morgan fingerprint density at radius 2 is 1.73 bits per heavy atom. The number of carbonyl (C=O) groups is 3. The van der Waals surface area contributed by atoms with Gasteiger partial charge in [0.2, 0.25) is 17.7 Å². The predicted octanol–water partition coefficient (Wildman–Crippen LogP) is 2.53. The minimum Gasteiger partial charge on any atom is -0.395 e. The number of nitrogens with zero attached hydrogens (tertiary/aromatic N) is 3. The molecule has 1 spiro atoms. The van der Waals surface area contributed by atoms with Crippen molar-refractivity contribution in [2.75, 3.05) is 31.1 Å². The summed E-state index contributed by atoms with van der Waals surface area (Å²) in [6.07, 6.45) is 9.92. The normalized spacial score (nSPS) is 33.8. The number of anilines is 1. The number of fused-ring (bicyclic) bond motifs is 2. The molecule has 2 saturated heterocycles. The van der Waals surface area contributed by atoms with Gasteiger partial charge in [-0.1, -0.05) is 62.8 Å². The number of ether oxygens (including phenoxy) is 1. The first kappa shape index (κ1) is 25.7. The summed E-state index contributed by atoms with van der Waals surface area (Å²) in [5, 5.41) is 9.86. The van der Waals surface area contributed by atoms with Crippen molar-refractivity contribution in [3.8, 4) is 0 Å². The lowest BCUT2D eigenvalue weighted by Crippen LogP contribution is -2.57. The van der Waals surface area contributed by atoms with Crippen molar-refractivity contribution in [2.45, 2.75) is 63.3 Å². The van der Waals surface area contributed by atoms with Crippen LogP contribution in [0.15, 0.2) is 54.6 Å². The average Bonchev–Trinajstić information content (AvgIpc) is 3.17. The fourth-order valence-electron chi connectivity index (χ4n) is 6.94. The van der Waals surface area contributed by atoms with Crippen LogP contribution in [-0.4, -0.2) is 82.2 Å². The summed E-state index contributed by atoms with van der Waals surface area (Å²) in [5.41, 5.74) is -1.55. The summed E-state index contributed by atoms with van der Waals surface area (Å²) < 4.78 is 6.92. The maximum atomic E-state index is 14.3. The second-order valence-corrected chi connectivity index (χ2v) is 10.6. The highest BCUT2D eigenvalue weighted by molar-refractivity contribution is 6.04. The number of β-amino-alcohol motifs (C(OH)–C–C–N with tert-alkyl or cyclic N) is 1. The van der Waals surface area contributed by atoms with E-state index >= 15 is 0 Å². The van der Waals surface area contributed by atoms with Crippen molar-refractivity contribution in [1.29, 1.82) is 0 Å². The molecule has 6 atom stereocenters. The molecule has 198 valence electrons. The Morgan fingerprint density at radius 1 is 1.00 bits per heavy atom. The summed E-state index contributed by atoms with van der Waals surface area (Å²) in [7, 11) is 0. The number of aliphatic hydroxyl groups excluding tert-OH is 1. The largest absolute Gasteiger partial charge is 0.395 e. The molecule has 37 heavy (non-hydrogen) atoms. The van der Waals surface area contributed by atoms with E-state index < -0.39 is 29.1 Å². The Labute approximate surface area is 218 Å². The molecule has 8 heteroatoms. The maximum Gasteiger partial charge on any atom is 0.249 e. The summed E-state index contributed by atoms with van der Waals surface area (Å²) >= 11 is 0. The number of benzene rings is 1. The van der Waals surface area contributed by atoms with E-state index in [0.717, 1.165) is 18.5 Å². The van der Waals surface area contributed by atoms with E-state index in [0.29, 0.717) is 19.5 Å². The maximum absolute atomic E-state index is 14.3. The van der Waals surface area contributed by atoms with Gasteiger partial charge in [0, 0.05) is 31.4 Å². The molecule has 3 amide bonds. The molecule has 2 fully saturated rings. The van der Waals surface area contributed by atoms with Crippen molar-refractivity contribution in [3.63, 3.8) is 0 Å². The Balaban J connectivity index is 1.64. The van der Waals surface area contributed by atoms with E-state index in [4.69, 9.17) is 4.74 Å². The third kappa shape index (κ3) is 3.76. The number of amides is 3. The Morgan fingerprint density at radius 3 is 2.41 bits per heavy atom. The van der Waals surface area contributed by atoms with E-state index in [1.165, 1.54) is 4.90 Å². The van der Waals surface area contributed by atoms with Crippen molar-refractivity contribution in [3.05, 3.63) is 54.6 Å². The quantitative estimate of drug-likeness (QED) is 0.573. The van der Waals surface area contributed by atoms with Crippen LogP contribution in [0.3, 0.4) is 0 Å². The molecule has 4 aliphatic rings. The number of hydrogen-bond acceptors (Lipinski definition) is 5. The van der Waals surface area contributed by atoms with Crippen LogP contribution in [0.25, 0.3) is 0 Å². The van der Waals surface area contributed by atoms with E-state index in [1.807, 2.05) is 73.4 Å². The SMILES string of the molecule is CCCC(C)N1CC=C[C@]23O[C@]4(CC)C=CCN(c5ccccc5)C(=O)[C@@H]4[C@H]2C(=O)N(CCO)C3C1=O. The first-order chi connectivity index (χ1) is 17.8. The van der Waals surface area contributed by atoms with Crippen LogP contribution < -0.4 is 4.90 Å². The molecule has 1 N–H and O–H groups in total. The van der Waals surface area contributed by atoms with E-state index in [1.54, 1.807) is 4.90 Å². The molecule has 4 heterocycles. The van der Waals surface area contributed by atoms with Gasteiger partial charge in [0.1, 0.15) is 11.6 Å². The van der Waals surface area contributed by atoms with Gasteiger partial charge in [-0.15, -0.1) is 0 Å². The summed E-state index contributed by atoms with van der Waals surface area (Å²) in [4.78, 5) is 47.6. The molecular weight excluding hydrogens is 470 g/mol. The number of hydrogen-bond donors (Lipinski definition) is 1. The molecule has 2 unspecified atom stereocenters. The highest BCUT2D eigenvalue weighted by atomic mass is 16.5. The van der Waals surface area contributed by atoms with E-state index in [9.17, 15) is 19.5 Å². The zero-order chi connectivity index (χ0) is 26.4. The lowest BCUT2D eigenvalue weighted by Gasteiger charge is -2.39. The highest BCUT2D eigenvalue weighted by Gasteiger charge is 2.75. The van der Waals surface area contributed by atoms with E-state index in [2.05, 4.69) is 6.92 Å². The van der Waals surface area contributed by atoms with Crippen LogP contribution >= 0.6 is 0 Å². The molecule has 0 saturated carbocycles. The summed E-state index contributed by atoms with van der Waals surface area (Å²) in [6.45, 7) is 6.59. The van der Waals surface area contributed by atoms with Crippen molar-refractivity contribution in [1.82, 2.24) is 9.80 Å². The third-order valence-corrected chi connectivity index (χ3v) is 8.62.